The summed E-state index contributed by atoms with van der Waals surface area (Å²) in [5.41, 5.74) is 4.98. The van der Waals surface area contributed by atoms with Crippen LogP contribution in [0.2, 0.25) is 0 Å². The first-order valence-corrected chi connectivity index (χ1v) is 27.2. The number of esters is 2. The molecule has 0 aliphatic carbocycles. The van der Waals surface area contributed by atoms with E-state index in [9.17, 15) is 14.4 Å². The molecule has 2 aliphatic heterocycles. The maximum absolute atomic E-state index is 14.7. The standard InChI is InChI=1S/C61H83NO9/c1-61(2)67-47-53-57(71-61)58(70-55(64)45-31-13-6-4-9-19-33-49-37-23-15-24-38-49)56(60(69-53)66-46-51-41-27-17-28-42-51)62-59(65)52(43-29-11-7-10-20-34-50-39-25-16-26-40-50)68-54(63)44-30-12-5-3-8-18-32-48-35-21-14-22-36-48/h14-17,21-28,35-42,52-53,56-58,60H,3-13,18-20,29-34,43-47H2,1-2H3,(H,62,65)/t52?,53-,56-,57-,58-,60-/m1/s1. The molecular weight excluding hydrogens is 891 g/mol. The number of ether oxygens (including phenoxy) is 6. The average molecular weight is 974 g/mol. The van der Waals surface area contributed by atoms with Gasteiger partial charge in [-0.25, -0.2) is 0 Å². The van der Waals surface area contributed by atoms with Gasteiger partial charge in [0.25, 0.3) is 5.91 Å². The average Bonchev–Trinajstić information content (AvgIpc) is 3.38. The number of benzene rings is 4. The molecule has 4 aromatic carbocycles. The molecule has 10 heteroatoms. The molecule has 2 heterocycles. The zero-order valence-corrected chi connectivity index (χ0v) is 42.9. The van der Waals surface area contributed by atoms with Gasteiger partial charge in [-0.05, 0) is 100 Å². The van der Waals surface area contributed by atoms with Gasteiger partial charge in [-0.1, -0.05) is 192 Å². The van der Waals surface area contributed by atoms with Crippen LogP contribution in [-0.4, -0.2) is 67.0 Å². The summed E-state index contributed by atoms with van der Waals surface area (Å²) in [5, 5.41) is 3.16. The van der Waals surface area contributed by atoms with Crippen LogP contribution in [0.4, 0.5) is 0 Å². The predicted molar refractivity (Wildman–Crippen MR) is 279 cm³/mol. The molecule has 1 unspecified atom stereocenters. The first kappa shape index (κ1) is 55.4. The van der Waals surface area contributed by atoms with Gasteiger partial charge in [0.15, 0.2) is 24.3 Å². The minimum absolute atomic E-state index is 0.182. The van der Waals surface area contributed by atoms with Crippen molar-refractivity contribution < 1.29 is 42.8 Å². The van der Waals surface area contributed by atoms with Gasteiger partial charge in [0.05, 0.1) is 13.2 Å². The second-order valence-electron chi connectivity index (χ2n) is 20.1. The number of carbonyl (C=O) groups excluding carboxylic acids is 3. The van der Waals surface area contributed by atoms with Crippen molar-refractivity contribution in [3.8, 4) is 0 Å². The largest absolute Gasteiger partial charge is 0.457 e. The quantitative estimate of drug-likeness (QED) is 0.0368. The highest BCUT2D eigenvalue weighted by Crippen LogP contribution is 2.35. The molecular formula is C61H83NO9. The second kappa shape index (κ2) is 31.6. The summed E-state index contributed by atoms with van der Waals surface area (Å²) in [6.07, 6.45) is 16.5. The Bertz CT molecular complexity index is 2070. The van der Waals surface area contributed by atoms with Crippen LogP contribution in [0.15, 0.2) is 121 Å². The number of fused-ring (bicyclic) bond motifs is 1. The van der Waals surface area contributed by atoms with Gasteiger partial charge >= 0.3 is 11.9 Å². The van der Waals surface area contributed by atoms with Crippen molar-refractivity contribution in [2.45, 2.75) is 211 Å². The first-order valence-electron chi connectivity index (χ1n) is 27.2. The molecule has 6 atom stereocenters. The van der Waals surface area contributed by atoms with Gasteiger partial charge in [0, 0.05) is 12.8 Å². The predicted octanol–water partition coefficient (Wildman–Crippen LogP) is 12.9. The van der Waals surface area contributed by atoms with Crippen molar-refractivity contribution in [3.05, 3.63) is 144 Å². The van der Waals surface area contributed by atoms with E-state index in [0.717, 1.165) is 115 Å². The molecule has 2 aliphatic rings. The van der Waals surface area contributed by atoms with E-state index in [2.05, 4.69) is 78.1 Å². The van der Waals surface area contributed by atoms with Gasteiger partial charge in [0.2, 0.25) is 0 Å². The number of amides is 1. The Balaban J connectivity index is 1.08. The van der Waals surface area contributed by atoms with Gasteiger partial charge in [-0.15, -0.1) is 0 Å². The van der Waals surface area contributed by atoms with E-state index >= 15 is 0 Å². The Labute approximate surface area is 425 Å². The van der Waals surface area contributed by atoms with E-state index in [1.54, 1.807) is 0 Å². The fourth-order valence-electron chi connectivity index (χ4n) is 9.68. The number of nitrogens with one attached hydrogen (secondary N) is 1. The van der Waals surface area contributed by atoms with Crippen molar-refractivity contribution in [2.75, 3.05) is 6.61 Å². The zero-order valence-electron chi connectivity index (χ0n) is 42.9. The molecule has 2 saturated heterocycles. The Hall–Kier alpha value is -4.87. The SMILES string of the molecule is CC1(C)OC[C@H]2O[C@@H](OCc3ccccc3)[C@H](NC(=O)C(CCCCCCCc3ccccc3)OC(=O)CCCCCCCCc3ccccc3)[C@@H](OC(=O)CCCCCCCCc3ccccc3)[C@@H]2O1. The summed E-state index contributed by atoms with van der Waals surface area (Å²) in [4.78, 5) is 42.1. The Kier molecular flexibility index (Phi) is 24.6. The van der Waals surface area contributed by atoms with Crippen LogP contribution >= 0.6 is 0 Å². The highest BCUT2D eigenvalue weighted by molar-refractivity contribution is 5.84. The lowest BCUT2D eigenvalue weighted by Crippen LogP contribution is -2.70. The first-order chi connectivity index (χ1) is 34.7. The van der Waals surface area contributed by atoms with E-state index in [-0.39, 0.29) is 38.0 Å². The van der Waals surface area contributed by atoms with Crippen LogP contribution in [0, 0.1) is 0 Å². The van der Waals surface area contributed by atoms with Crippen LogP contribution in [0.3, 0.4) is 0 Å². The number of unbranched alkanes of at least 4 members (excludes halogenated alkanes) is 14. The third kappa shape index (κ3) is 21.0. The fraction of sp³-hybridized carbons (Fsp3) is 0.557. The van der Waals surface area contributed by atoms with Crippen LogP contribution in [-0.2, 0) is 68.7 Å². The van der Waals surface area contributed by atoms with E-state index in [4.69, 9.17) is 28.4 Å². The molecule has 0 radical (unpaired) electrons. The fourth-order valence-corrected chi connectivity index (χ4v) is 9.68. The van der Waals surface area contributed by atoms with Crippen LogP contribution < -0.4 is 5.32 Å². The lowest BCUT2D eigenvalue weighted by Gasteiger charge is -2.50. The molecule has 1 amide bonds. The van der Waals surface area contributed by atoms with Gasteiger partial charge in [0.1, 0.15) is 18.2 Å². The van der Waals surface area contributed by atoms with E-state index in [0.29, 0.717) is 25.7 Å². The number of rotatable bonds is 33. The number of hydrogen-bond donors (Lipinski definition) is 1. The molecule has 6 rings (SSSR count). The Morgan fingerprint density at radius 3 is 1.51 bits per heavy atom. The lowest BCUT2D eigenvalue weighted by molar-refractivity contribution is -0.370. The molecule has 2 fully saturated rings. The van der Waals surface area contributed by atoms with Crippen molar-refractivity contribution in [3.63, 3.8) is 0 Å². The molecule has 10 nitrogen and oxygen atoms in total. The topological polar surface area (TPSA) is 119 Å². The van der Waals surface area contributed by atoms with Crippen LogP contribution in [0.5, 0.6) is 0 Å². The summed E-state index contributed by atoms with van der Waals surface area (Å²) in [5.74, 6) is -2.23. The minimum Gasteiger partial charge on any atom is -0.457 e. The second-order valence-corrected chi connectivity index (χ2v) is 20.1. The van der Waals surface area contributed by atoms with Crippen LogP contribution in [0.1, 0.15) is 165 Å². The van der Waals surface area contributed by atoms with Crippen LogP contribution in [0.25, 0.3) is 0 Å². The summed E-state index contributed by atoms with van der Waals surface area (Å²) >= 11 is 0. The zero-order chi connectivity index (χ0) is 49.8. The third-order valence-electron chi connectivity index (χ3n) is 13.7. The summed E-state index contributed by atoms with van der Waals surface area (Å²) in [6, 6.07) is 40.4. The summed E-state index contributed by atoms with van der Waals surface area (Å²) < 4.78 is 38.0. The summed E-state index contributed by atoms with van der Waals surface area (Å²) in [7, 11) is 0. The van der Waals surface area contributed by atoms with E-state index in [1.807, 2.05) is 62.4 Å². The number of hydrogen-bond acceptors (Lipinski definition) is 9. The maximum Gasteiger partial charge on any atom is 0.306 e. The molecule has 386 valence electrons. The number of aryl methyl sites for hydroxylation is 3. The van der Waals surface area contributed by atoms with Crippen molar-refractivity contribution in [1.82, 2.24) is 5.32 Å². The minimum atomic E-state index is -1.05. The third-order valence-corrected chi connectivity index (χ3v) is 13.7. The lowest BCUT2D eigenvalue weighted by atomic mass is 9.94. The molecule has 0 spiro atoms. The van der Waals surface area contributed by atoms with E-state index < -0.39 is 48.4 Å². The molecule has 0 bridgehead atoms. The normalized spacial score (nSPS) is 19.8. The molecule has 0 saturated carbocycles. The maximum atomic E-state index is 14.7. The molecule has 4 aromatic rings. The Morgan fingerprint density at radius 1 is 0.563 bits per heavy atom. The molecule has 0 aromatic heterocycles. The summed E-state index contributed by atoms with van der Waals surface area (Å²) in [6.45, 7) is 4.00. The van der Waals surface area contributed by atoms with Crippen molar-refractivity contribution >= 4 is 17.8 Å². The van der Waals surface area contributed by atoms with Crippen molar-refractivity contribution in [2.24, 2.45) is 0 Å². The van der Waals surface area contributed by atoms with Crippen molar-refractivity contribution in [1.29, 1.82) is 0 Å². The van der Waals surface area contributed by atoms with Gasteiger partial charge in [-0.3, -0.25) is 14.4 Å². The smallest absolute Gasteiger partial charge is 0.306 e. The monoisotopic (exact) mass is 974 g/mol. The highest BCUT2D eigenvalue weighted by atomic mass is 16.8. The number of carbonyl (C=O) groups is 3. The van der Waals surface area contributed by atoms with E-state index in [1.165, 1.54) is 16.7 Å². The van der Waals surface area contributed by atoms with Gasteiger partial charge < -0.3 is 33.7 Å². The van der Waals surface area contributed by atoms with Gasteiger partial charge in [-0.2, -0.15) is 0 Å². The molecule has 1 N–H and O–H groups in total. The molecule has 71 heavy (non-hydrogen) atoms. The highest BCUT2D eigenvalue weighted by Gasteiger charge is 2.54. The Morgan fingerprint density at radius 2 is 1.00 bits per heavy atom.